The predicted octanol–water partition coefficient (Wildman–Crippen LogP) is -0.575. The highest BCUT2D eigenvalue weighted by Gasteiger charge is 2.03. The highest BCUT2D eigenvalue weighted by Crippen LogP contribution is 1.95. The number of nitrogens with two attached hydrogens (primary N) is 1. The van der Waals surface area contributed by atoms with Crippen LogP contribution in [0.25, 0.3) is 0 Å². The van der Waals surface area contributed by atoms with Crippen molar-refractivity contribution in [2.75, 3.05) is 0 Å². The molecular formula is C5H13NO2. The number of aliphatic hydroxyl groups is 2. The summed E-state index contributed by atoms with van der Waals surface area (Å²) in [6, 6.07) is -0.0741. The Kier molecular flexibility index (Phi) is 3.77. The fraction of sp³-hybridized carbons (Fsp3) is 1.00. The molecule has 0 saturated heterocycles. The minimum Gasteiger partial charge on any atom is -0.368 e. The van der Waals surface area contributed by atoms with Crippen LogP contribution in [0.1, 0.15) is 19.8 Å². The lowest BCUT2D eigenvalue weighted by Gasteiger charge is -2.08. The van der Waals surface area contributed by atoms with Gasteiger partial charge in [-0.15, -0.1) is 0 Å². The van der Waals surface area contributed by atoms with Gasteiger partial charge in [-0.05, 0) is 6.42 Å². The van der Waals surface area contributed by atoms with Crippen molar-refractivity contribution in [1.29, 1.82) is 0 Å². The van der Waals surface area contributed by atoms with Gasteiger partial charge in [0, 0.05) is 12.5 Å². The molecule has 8 heavy (non-hydrogen) atoms. The van der Waals surface area contributed by atoms with Gasteiger partial charge in [-0.3, -0.25) is 0 Å². The maximum absolute atomic E-state index is 8.33. The lowest BCUT2D eigenvalue weighted by Crippen LogP contribution is -2.24. The van der Waals surface area contributed by atoms with Crippen LogP contribution in [-0.4, -0.2) is 22.5 Å². The zero-order valence-corrected chi connectivity index (χ0v) is 5.04. The van der Waals surface area contributed by atoms with Crippen LogP contribution in [0.4, 0.5) is 0 Å². The van der Waals surface area contributed by atoms with Crippen LogP contribution in [0.15, 0.2) is 0 Å². The van der Waals surface area contributed by atoms with E-state index in [1.807, 2.05) is 6.92 Å². The average Bonchev–Trinajstić information content (AvgIpc) is 1.65. The third-order valence-corrected chi connectivity index (χ3v) is 1.04. The monoisotopic (exact) mass is 119 g/mol. The normalized spacial score (nSPS) is 14.6. The van der Waals surface area contributed by atoms with Gasteiger partial charge in [0.25, 0.3) is 0 Å². The molecule has 0 rings (SSSR count). The molecule has 0 fully saturated rings. The Morgan fingerprint density at radius 1 is 1.50 bits per heavy atom. The molecule has 0 aliphatic rings. The van der Waals surface area contributed by atoms with Crippen LogP contribution in [0.5, 0.6) is 0 Å². The highest BCUT2D eigenvalue weighted by molar-refractivity contribution is 4.57. The molecule has 50 valence electrons. The van der Waals surface area contributed by atoms with Crippen molar-refractivity contribution in [3.63, 3.8) is 0 Å². The molecule has 0 aromatic carbocycles. The Hall–Kier alpha value is -0.120. The molecular weight excluding hydrogens is 106 g/mol. The summed E-state index contributed by atoms with van der Waals surface area (Å²) in [6.07, 6.45) is -0.182. The van der Waals surface area contributed by atoms with Crippen LogP contribution in [-0.2, 0) is 0 Å². The Bertz CT molecular complexity index is 56.4. The molecule has 0 spiro atoms. The van der Waals surface area contributed by atoms with Crippen molar-refractivity contribution in [3.05, 3.63) is 0 Å². The minimum absolute atomic E-state index is 0.0741. The fourth-order valence-electron chi connectivity index (χ4n) is 0.437. The highest BCUT2D eigenvalue weighted by atomic mass is 16.5. The fourth-order valence-corrected chi connectivity index (χ4v) is 0.437. The first-order valence-corrected chi connectivity index (χ1v) is 2.78. The molecule has 0 aromatic rings. The van der Waals surface area contributed by atoms with Crippen LogP contribution in [0.2, 0.25) is 0 Å². The first-order valence-electron chi connectivity index (χ1n) is 2.78. The van der Waals surface area contributed by atoms with E-state index in [1.165, 1.54) is 0 Å². The molecule has 1 unspecified atom stereocenters. The van der Waals surface area contributed by atoms with Gasteiger partial charge >= 0.3 is 0 Å². The molecule has 0 radical (unpaired) electrons. The van der Waals surface area contributed by atoms with Gasteiger partial charge in [0.15, 0.2) is 6.29 Å². The van der Waals surface area contributed by atoms with E-state index in [0.29, 0.717) is 0 Å². The summed E-state index contributed by atoms with van der Waals surface area (Å²) in [6.45, 7) is 1.91. The van der Waals surface area contributed by atoms with E-state index < -0.39 is 6.29 Å². The molecule has 0 heterocycles. The van der Waals surface area contributed by atoms with Crippen LogP contribution < -0.4 is 5.73 Å². The van der Waals surface area contributed by atoms with E-state index in [2.05, 4.69) is 0 Å². The van der Waals surface area contributed by atoms with Crippen LogP contribution >= 0.6 is 0 Å². The molecule has 3 heteroatoms. The van der Waals surface area contributed by atoms with E-state index in [4.69, 9.17) is 15.9 Å². The lowest BCUT2D eigenvalue weighted by molar-refractivity contribution is -0.0493. The minimum atomic E-state index is -1.25. The number of aliphatic hydroxyl groups excluding tert-OH is 1. The summed E-state index contributed by atoms with van der Waals surface area (Å²) in [5.74, 6) is 0. The molecule has 3 nitrogen and oxygen atoms in total. The zero-order chi connectivity index (χ0) is 6.57. The first kappa shape index (κ1) is 7.88. The standard InChI is InChI=1S/C5H13NO2/c1-2-4(6)3-5(7)8/h4-5,7-8H,2-3,6H2,1H3. The Balaban J connectivity index is 3.10. The summed E-state index contributed by atoms with van der Waals surface area (Å²) in [5, 5.41) is 16.7. The Labute approximate surface area is 49.1 Å². The number of rotatable bonds is 3. The maximum atomic E-state index is 8.33. The summed E-state index contributed by atoms with van der Waals surface area (Å²) >= 11 is 0. The molecule has 1 atom stereocenters. The van der Waals surface area contributed by atoms with Crippen molar-refractivity contribution in [2.24, 2.45) is 5.73 Å². The quantitative estimate of drug-likeness (QED) is 0.436. The van der Waals surface area contributed by atoms with Gasteiger partial charge in [-0.2, -0.15) is 0 Å². The van der Waals surface area contributed by atoms with Gasteiger partial charge in [0.1, 0.15) is 0 Å². The van der Waals surface area contributed by atoms with Crippen LogP contribution in [0, 0.1) is 0 Å². The smallest absolute Gasteiger partial charge is 0.152 e. The molecule has 0 amide bonds. The second-order valence-corrected chi connectivity index (χ2v) is 1.88. The topological polar surface area (TPSA) is 66.5 Å². The second-order valence-electron chi connectivity index (χ2n) is 1.88. The van der Waals surface area contributed by atoms with Gasteiger partial charge in [0.05, 0.1) is 0 Å². The van der Waals surface area contributed by atoms with Gasteiger partial charge in [0.2, 0.25) is 0 Å². The SMILES string of the molecule is CCC(N)CC(O)O. The summed E-state index contributed by atoms with van der Waals surface area (Å²) in [7, 11) is 0. The van der Waals surface area contributed by atoms with E-state index in [1.54, 1.807) is 0 Å². The molecule has 0 bridgehead atoms. The third kappa shape index (κ3) is 4.05. The third-order valence-electron chi connectivity index (χ3n) is 1.04. The molecule has 0 aliphatic heterocycles. The molecule has 0 aliphatic carbocycles. The summed E-state index contributed by atoms with van der Waals surface area (Å²) < 4.78 is 0. The zero-order valence-electron chi connectivity index (χ0n) is 5.04. The van der Waals surface area contributed by atoms with Crippen molar-refractivity contribution < 1.29 is 10.2 Å². The van der Waals surface area contributed by atoms with Gasteiger partial charge in [-0.25, -0.2) is 0 Å². The van der Waals surface area contributed by atoms with Crippen molar-refractivity contribution >= 4 is 0 Å². The Morgan fingerprint density at radius 3 is 2.12 bits per heavy atom. The maximum Gasteiger partial charge on any atom is 0.152 e. The summed E-state index contributed by atoms with van der Waals surface area (Å²) in [5.41, 5.74) is 5.35. The summed E-state index contributed by atoms with van der Waals surface area (Å²) in [4.78, 5) is 0. The molecule has 0 saturated carbocycles. The first-order chi connectivity index (χ1) is 3.66. The van der Waals surface area contributed by atoms with Crippen molar-refractivity contribution in [3.8, 4) is 0 Å². The van der Waals surface area contributed by atoms with Crippen molar-refractivity contribution in [1.82, 2.24) is 0 Å². The molecule has 0 aromatic heterocycles. The average molecular weight is 119 g/mol. The van der Waals surface area contributed by atoms with E-state index in [0.717, 1.165) is 6.42 Å². The van der Waals surface area contributed by atoms with Gasteiger partial charge in [-0.1, -0.05) is 6.92 Å². The van der Waals surface area contributed by atoms with E-state index in [9.17, 15) is 0 Å². The number of hydrogen-bond donors (Lipinski definition) is 3. The van der Waals surface area contributed by atoms with Crippen LogP contribution in [0.3, 0.4) is 0 Å². The second kappa shape index (κ2) is 3.83. The van der Waals surface area contributed by atoms with Crippen molar-refractivity contribution in [2.45, 2.75) is 32.1 Å². The van der Waals surface area contributed by atoms with E-state index >= 15 is 0 Å². The molecule has 4 N–H and O–H groups in total. The van der Waals surface area contributed by atoms with E-state index in [-0.39, 0.29) is 12.5 Å². The largest absolute Gasteiger partial charge is 0.368 e. The lowest BCUT2D eigenvalue weighted by atomic mass is 10.2. The van der Waals surface area contributed by atoms with Gasteiger partial charge < -0.3 is 15.9 Å². The predicted molar refractivity (Wildman–Crippen MR) is 31.1 cm³/mol. The number of hydrogen-bond acceptors (Lipinski definition) is 3. The Morgan fingerprint density at radius 2 is 2.00 bits per heavy atom.